The van der Waals surface area contributed by atoms with Crippen molar-refractivity contribution in [3.63, 3.8) is 0 Å². The lowest BCUT2D eigenvalue weighted by Crippen LogP contribution is -2.10. The fourth-order valence-electron chi connectivity index (χ4n) is 2.64. The van der Waals surface area contributed by atoms with Gasteiger partial charge in [0.05, 0.1) is 0 Å². The first-order valence-corrected chi connectivity index (χ1v) is 5.69. The van der Waals surface area contributed by atoms with Crippen molar-refractivity contribution in [2.24, 2.45) is 17.8 Å². The molecule has 82 valence electrons. The fourth-order valence-corrected chi connectivity index (χ4v) is 2.64. The van der Waals surface area contributed by atoms with E-state index in [1.807, 2.05) is 13.0 Å². The summed E-state index contributed by atoms with van der Waals surface area (Å²) in [7, 11) is 0. The molecule has 0 amide bonds. The molecule has 0 spiro atoms. The molecule has 0 aromatic rings. The summed E-state index contributed by atoms with van der Waals surface area (Å²) in [4.78, 5) is 10.7. The largest absolute Gasteiger partial charge is 0.459 e. The topological polar surface area (TPSA) is 26.3 Å². The van der Waals surface area contributed by atoms with Crippen molar-refractivity contribution in [3.05, 3.63) is 24.3 Å². The SMILES string of the molecule is CC(=O)OC(C)/C=C/C1CC2C=CC1C2. The van der Waals surface area contributed by atoms with Crippen LogP contribution in [-0.4, -0.2) is 12.1 Å². The van der Waals surface area contributed by atoms with E-state index < -0.39 is 0 Å². The van der Waals surface area contributed by atoms with Gasteiger partial charge in [-0.1, -0.05) is 18.2 Å². The minimum atomic E-state index is -0.208. The summed E-state index contributed by atoms with van der Waals surface area (Å²) >= 11 is 0. The van der Waals surface area contributed by atoms with E-state index >= 15 is 0 Å². The lowest BCUT2D eigenvalue weighted by Gasteiger charge is -2.14. The molecular weight excluding hydrogens is 188 g/mol. The van der Waals surface area contributed by atoms with Crippen molar-refractivity contribution >= 4 is 5.97 Å². The molecule has 1 fully saturated rings. The molecule has 2 bridgehead atoms. The summed E-state index contributed by atoms with van der Waals surface area (Å²) in [6.07, 6.45) is 11.4. The Morgan fingerprint density at radius 1 is 1.47 bits per heavy atom. The van der Waals surface area contributed by atoms with Crippen molar-refractivity contribution in [1.82, 2.24) is 0 Å². The molecule has 0 aromatic heterocycles. The third-order valence-electron chi connectivity index (χ3n) is 3.31. The zero-order chi connectivity index (χ0) is 10.8. The first kappa shape index (κ1) is 10.5. The molecule has 0 heterocycles. The van der Waals surface area contributed by atoms with Crippen LogP contribution in [0.25, 0.3) is 0 Å². The Morgan fingerprint density at radius 3 is 2.80 bits per heavy atom. The van der Waals surface area contributed by atoms with Gasteiger partial charge in [0, 0.05) is 6.92 Å². The van der Waals surface area contributed by atoms with Crippen LogP contribution in [0, 0.1) is 17.8 Å². The van der Waals surface area contributed by atoms with Crippen LogP contribution < -0.4 is 0 Å². The number of allylic oxidation sites excluding steroid dienone is 3. The van der Waals surface area contributed by atoms with Crippen LogP contribution in [0.1, 0.15) is 26.7 Å². The van der Waals surface area contributed by atoms with Crippen molar-refractivity contribution in [2.45, 2.75) is 32.8 Å². The van der Waals surface area contributed by atoms with Gasteiger partial charge in [-0.2, -0.15) is 0 Å². The second-order valence-electron chi connectivity index (χ2n) is 4.64. The van der Waals surface area contributed by atoms with E-state index in [0.717, 1.165) is 11.8 Å². The maximum atomic E-state index is 10.7. The molecule has 2 rings (SSSR count). The molecule has 2 aliphatic carbocycles. The number of ether oxygens (including phenoxy) is 1. The zero-order valence-corrected chi connectivity index (χ0v) is 9.35. The Bertz CT molecular complexity index is 304. The highest BCUT2D eigenvalue weighted by Crippen LogP contribution is 2.43. The van der Waals surface area contributed by atoms with Gasteiger partial charge in [0.2, 0.25) is 0 Å². The normalized spacial score (nSPS) is 34.9. The summed E-state index contributed by atoms with van der Waals surface area (Å²) < 4.78 is 5.05. The Kier molecular flexibility index (Phi) is 2.94. The number of carbonyl (C=O) groups is 1. The van der Waals surface area contributed by atoms with Crippen LogP contribution in [0.5, 0.6) is 0 Å². The van der Waals surface area contributed by atoms with E-state index in [9.17, 15) is 4.79 Å². The molecule has 0 aromatic carbocycles. The molecule has 4 atom stereocenters. The number of carbonyl (C=O) groups excluding carboxylic acids is 1. The van der Waals surface area contributed by atoms with Gasteiger partial charge in [-0.25, -0.2) is 0 Å². The van der Waals surface area contributed by atoms with E-state index in [2.05, 4.69) is 18.2 Å². The standard InChI is InChI=1S/C13H18O2/c1-9(15-10(2)14)3-5-12-7-11-4-6-13(12)8-11/h3-6,9,11-13H,7-8H2,1-2H3/b5-3+. The molecule has 1 saturated carbocycles. The molecule has 0 radical (unpaired) electrons. The fraction of sp³-hybridized carbons (Fsp3) is 0.615. The predicted octanol–water partition coefficient (Wildman–Crippen LogP) is 2.71. The number of hydrogen-bond acceptors (Lipinski definition) is 2. The third-order valence-corrected chi connectivity index (χ3v) is 3.31. The Labute approximate surface area is 91.0 Å². The first-order valence-electron chi connectivity index (χ1n) is 5.69. The second kappa shape index (κ2) is 4.21. The van der Waals surface area contributed by atoms with E-state index in [1.165, 1.54) is 19.8 Å². The van der Waals surface area contributed by atoms with Crippen molar-refractivity contribution in [1.29, 1.82) is 0 Å². The average molecular weight is 206 g/mol. The lowest BCUT2D eigenvalue weighted by molar-refractivity contribution is -0.143. The van der Waals surface area contributed by atoms with Crippen molar-refractivity contribution in [2.75, 3.05) is 0 Å². The smallest absolute Gasteiger partial charge is 0.303 e. The molecule has 2 aliphatic rings. The molecule has 0 saturated heterocycles. The minimum absolute atomic E-state index is 0.0920. The lowest BCUT2D eigenvalue weighted by atomic mass is 9.93. The van der Waals surface area contributed by atoms with Crippen LogP contribution in [0.3, 0.4) is 0 Å². The van der Waals surface area contributed by atoms with Gasteiger partial charge in [-0.3, -0.25) is 4.79 Å². The van der Waals surface area contributed by atoms with Crippen molar-refractivity contribution in [3.8, 4) is 0 Å². The minimum Gasteiger partial charge on any atom is -0.459 e. The van der Waals surface area contributed by atoms with Gasteiger partial charge in [0.25, 0.3) is 0 Å². The maximum Gasteiger partial charge on any atom is 0.303 e. The van der Waals surface area contributed by atoms with E-state index in [-0.39, 0.29) is 12.1 Å². The summed E-state index contributed by atoms with van der Waals surface area (Å²) in [5, 5.41) is 0. The third kappa shape index (κ3) is 2.49. The molecule has 0 aliphatic heterocycles. The number of hydrogen-bond donors (Lipinski definition) is 0. The summed E-state index contributed by atoms with van der Waals surface area (Å²) in [5.74, 6) is 1.99. The van der Waals surface area contributed by atoms with Gasteiger partial charge in [-0.15, -0.1) is 0 Å². The van der Waals surface area contributed by atoms with Crippen LogP contribution in [-0.2, 0) is 9.53 Å². The second-order valence-corrected chi connectivity index (χ2v) is 4.64. The number of rotatable bonds is 3. The highest BCUT2D eigenvalue weighted by molar-refractivity contribution is 5.66. The Balaban J connectivity index is 1.84. The van der Waals surface area contributed by atoms with Gasteiger partial charge in [0.1, 0.15) is 6.10 Å². The average Bonchev–Trinajstić information content (AvgIpc) is 2.74. The van der Waals surface area contributed by atoms with Gasteiger partial charge < -0.3 is 4.74 Å². The highest BCUT2D eigenvalue weighted by Gasteiger charge is 2.33. The molecular formula is C13H18O2. The maximum absolute atomic E-state index is 10.7. The van der Waals surface area contributed by atoms with E-state index in [1.54, 1.807) is 0 Å². The molecule has 0 N–H and O–H groups in total. The molecule has 2 nitrogen and oxygen atoms in total. The Hall–Kier alpha value is -1.05. The quantitative estimate of drug-likeness (QED) is 0.524. The van der Waals surface area contributed by atoms with E-state index in [4.69, 9.17) is 4.74 Å². The predicted molar refractivity (Wildman–Crippen MR) is 59.2 cm³/mol. The number of fused-ring (bicyclic) bond motifs is 2. The Morgan fingerprint density at radius 2 is 2.27 bits per heavy atom. The summed E-state index contributed by atoms with van der Waals surface area (Å²) in [5.41, 5.74) is 0. The van der Waals surface area contributed by atoms with Crippen molar-refractivity contribution < 1.29 is 9.53 Å². The molecule has 4 unspecified atom stereocenters. The van der Waals surface area contributed by atoms with Crippen LogP contribution >= 0.6 is 0 Å². The highest BCUT2D eigenvalue weighted by atomic mass is 16.5. The molecule has 15 heavy (non-hydrogen) atoms. The van der Waals surface area contributed by atoms with Crippen LogP contribution in [0.15, 0.2) is 24.3 Å². The van der Waals surface area contributed by atoms with Gasteiger partial charge >= 0.3 is 5.97 Å². The van der Waals surface area contributed by atoms with Crippen LogP contribution in [0.2, 0.25) is 0 Å². The van der Waals surface area contributed by atoms with Gasteiger partial charge in [-0.05, 0) is 43.6 Å². The van der Waals surface area contributed by atoms with Gasteiger partial charge in [0.15, 0.2) is 0 Å². The monoisotopic (exact) mass is 206 g/mol. The van der Waals surface area contributed by atoms with E-state index in [0.29, 0.717) is 5.92 Å². The molecule has 2 heteroatoms. The summed E-state index contributed by atoms with van der Waals surface area (Å²) in [6.45, 7) is 3.35. The summed E-state index contributed by atoms with van der Waals surface area (Å²) in [6, 6.07) is 0. The van der Waals surface area contributed by atoms with Crippen LogP contribution in [0.4, 0.5) is 0 Å². The number of esters is 1. The first-order chi connectivity index (χ1) is 7.15. The zero-order valence-electron chi connectivity index (χ0n) is 9.35.